The van der Waals surface area contributed by atoms with Gasteiger partial charge in [-0.15, -0.1) is 0 Å². The lowest BCUT2D eigenvalue weighted by molar-refractivity contribution is 1.18. The highest BCUT2D eigenvalue weighted by Crippen LogP contribution is 2.29. The van der Waals surface area contributed by atoms with E-state index in [0.29, 0.717) is 0 Å². The molecule has 0 unspecified atom stereocenters. The van der Waals surface area contributed by atoms with E-state index >= 15 is 0 Å². The molecular weight excluding hydrogens is 760 g/mol. The van der Waals surface area contributed by atoms with Gasteiger partial charge in [0.2, 0.25) is 0 Å². The van der Waals surface area contributed by atoms with Gasteiger partial charge in [0.1, 0.15) is 0 Å². The molecule has 0 heterocycles. The molecular formula is C21H28I4. The number of hydrogen-bond acceptors (Lipinski definition) is 0. The Hall–Kier alpha value is 1.36. The Morgan fingerprint density at radius 3 is 0.640 bits per heavy atom. The predicted octanol–water partition coefficient (Wildman–Crippen LogP) is 8.90. The minimum Gasteiger partial charge on any atom is -0.0776 e. The van der Waals surface area contributed by atoms with E-state index in [9.17, 15) is 0 Å². The lowest BCUT2D eigenvalue weighted by Crippen LogP contribution is -1.98. The fourth-order valence-electron chi connectivity index (χ4n) is 2.54. The average Bonchev–Trinajstić information content (AvgIpc) is 2.58. The first-order chi connectivity index (χ1) is 10.9. The van der Waals surface area contributed by atoms with Gasteiger partial charge in [0.15, 0.2) is 0 Å². The molecule has 0 aliphatic heterocycles. The van der Waals surface area contributed by atoms with Gasteiger partial charge in [-0.1, -0.05) is 7.43 Å². The van der Waals surface area contributed by atoms with Crippen LogP contribution >= 0.6 is 90.4 Å². The predicted molar refractivity (Wildman–Crippen MR) is 148 cm³/mol. The van der Waals surface area contributed by atoms with Gasteiger partial charge in [-0.3, -0.25) is 0 Å². The maximum atomic E-state index is 2.43. The number of rotatable bonds is 0. The third kappa shape index (κ3) is 5.68. The first kappa shape index (κ1) is 26.4. The molecule has 4 heteroatoms. The Balaban J connectivity index is 0.000000443. The molecule has 0 radical (unpaired) electrons. The van der Waals surface area contributed by atoms with Gasteiger partial charge in [0.25, 0.3) is 0 Å². The molecule has 0 aliphatic rings. The van der Waals surface area contributed by atoms with Gasteiger partial charge < -0.3 is 0 Å². The van der Waals surface area contributed by atoms with Gasteiger partial charge in [-0.2, -0.15) is 0 Å². The Morgan fingerprint density at radius 1 is 0.320 bits per heavy atom. The van der Waals surface area contributed by atoms with E-state index in [0.717, 1.165) is 0 Å². The summed E-state index contributed by atoms with van der Waals surface area (Å²) in [6, 6.07) is 0. The number of hydrogen-bond donors (Lipinski definition) is 0. The highest BCUT2D eigenvalue weighted by atomic mass is 127. The Kier molecular flexibility index (Phi) is 11.4. The standard InChI is InChI=1S/2C10H12I2.CH4/c2*1-5-6(2)9(11)8(4)10(12)7(5)3;/h2*1-4H3;1H4. The van der Waals surface area contributed by atoms with E-state index in [1.807, 2.05) is 0 Å². The maximum absolute atomic E-state index is 2.43. The van der Waals surface area contributed by atoms with Crippen molar-refractivity contribution in [3.8, 4) is 0 Å². The van der Waals surface area contributed by atoms with Crippen LogP contribution in [0.25, 0.3) is 0 Å². The molecule has 0 amide bonds. The molecule has 0 nitrogen and oxygen atoms in total. The van der Waals surface area contributed by atoms with E-state index in [1.165, 1.54) is 58.8 Å². The second kappa shape index (κ2) is 10.8. The normalized spacial score (nSPS) is 10.1. The van der Waals surface area contributed by atoms with Crippen molar-refractivity contribution in [1.82, 2.24) is 0 Å². The van der Waals surface area contributed by atoms with Gasteiger partial charge >= 0.3 is 0 Å². The molecule has 2 aromatic carbocycles. The SMILES string of the molecule is C.Cc1c(C)c(I)c(C)c(I)c1C.Cc1c(C)c(I)c(C)c(I)c1C. The van der Waals surface area contributed by atoms with Crippen LogP contribution in [0.15, 0.2) is 0 Å². The molecule has 2 aromatic rings. The first-order valence-electron chi connectivity index (χ1n) is 7.76. The van der Waals surface area contributed by atoms with Crippen molar-refractivity contribution in [2.24, 2.45) is 0 Å². The second-order valence-corrected chi connectivity index (χ2v) is 10.6. The molecule has 0 aromatic heterocycles. The minimum atomic E-state index is 0. The van der Waals surface area contributed by atoms with E-state index < -0.39 is 0 Å². The van der Waals surface area contributed by atoms with Crippen molar-refractivity contribution in [3.63, 3.8) is 0 Å². The van der Waals surface area contributed by atoms with Crippen molar-refractivity contribution in [2.45, 2.75) is 62.8 Å². The zero-order chi connectivity index (χ0) is 18.9. The molecule has 0 saturated carbocycles. The van der Waals surface area contributed by atoms with Crippen LogP contribution in [0.5, 0.6) is 0 Å². The molecule has 25 heavy (non-hydrogen) atoms. The second-order valence-electron chi connectivity index (χ2n) is 6.26. The summed E-state index contributed by atoms with van der Waals surface area (Å²) < 4.78 is 5.67. The fourth-order valence-corrected chi connectivity index (χ4v) is 6.27. The van der Waals surface area contributed by atoms with Crippen LogP contribution in [0.4, 0.5) is 0 Å². The first-order valence-corrected chi connectivity index (χ1v) is 12.1. The van der Waals surface area contributed by atoms with E-state index in [4.69, 9.17) is 0 Å². The average molecular weight is 788 g/mol. The summed E-state index contributed by atoms with van der Waals surface area (Å²) in [6.45, 7) is 17.6. The summed E-state index contributed by atoms with van der Waals surface area (Å²) in [4.78, 5) is 0. The van der Waals surface area contributed by atoms with Crippen LogP contribution in [-0.4, -0.2) is 0 Å². The van der Waals surface area contributed by atoms with Crippen LogP contribution in [0.3, 0.4) is 0 Å². The molecule has 0 atom stereocenters. The summed E-state index contributed by atoms with van der Waals surface area (Å²) in [6.07, 6.45) is 0. The summed E-state index contributed by atoms with van der Waals surface area (Å²) in [5.74, 6) is 0. The zero-order valence-corrected chi connectivity index (χ0v) is 24.1. The van der Waals surface area contributed by atoms with E-state index in [1.54, 1.807) is 0 Å². The molecule has 0 aliphatic carbocycles. The molecule has 140 valence electrons. The highest BCUT2D eigenvalue weighted by Gasteiger charge is 2.11. The van der Waals surface area contributed by atoms with Gasteiger partial charge in [-0.25, -0.2) is 0 Å². The summed E-state index contributed by atoms with van der Waals surface area (Å²) in [5.41, 5.74) is 11.5. The number of halogens is 4. The van der Waals surface area contributed by atoms with Crippen molar-refractivity contribution < 1.29 is 0 Å². The van der Waals surface area contributed by atoms with Gasteiger partial charge in [0.05, 0.1) is 0 Å². The molecule has 0 fully saturated rings. The van der Waals surface area contributed by atoms with Gasteiger partial charge in [0, 0.05) is 14.3 Å². The van der Waals surface area contributed by atoms with Gasteiger partial charge in [-0.05, 0) is 190 Å². The summed E-state index contributed by atoms with van der Waals surface area (Å²) >= 11 is 9.73. The van der Waals surface area contributed by atoms with Crippen LogP contribution in [0.2, 0.25) is 0 Å². The number of benzene rings is 2. The van der Waals surface area contributed by atoms with E-state index in [2.05, 4.69) is 146 Å². The Morgan fingerprint density at radius 2 is 0.480 bits per heavy atom. The Bertz CT molecular complexity index is 512. The van der Waals surface area contributed by atoms with Crippen molar-refractivity contribution in [3.05, 3.63) is 58.8 Å². The molecule has 2 rings (SSSR count). The Labute approximate surface area is 209 Å². The molecule has 0 spiro atoms. The lowest BCUT2D eigenvalue weighted by atomic mass is 10.0. The van der Waals surface area contributed by atoms with Crippen LogP contribution in [-0.2, 0) is 0 Å². The molecule has 0 saturated heterocycles. The summed E-state index contributed by atoms with van der Waals surface area (Å²) in [5, 5.41) is 0. The largest absolute Gasteiger partial charge is 0.0776 e. The van der Waals surface area contributed by atoms with Crippen molar-refractivity contribution >= 4 is 90.4 Å². The molecule has 0 bridgehead atoms. The third-order valence-corrected chi connectivity index (χ3v) is 11.4. The fraction of sp³-hybridized carbons (Fsp3) is 0.429. The van der Waals surface area contributed by atoms with Crippen molar-refractivity contribution in [2.75, 3.05) is 0 Å². The third-order valence-electron chi connectivity index (χ3n) is 4.88. The summed E-state index contributed by atoms with van der Waals surface area (Å²) in [7, 11) is 0. The van der Waals surface area contributed by atoms with Crippen LogP contribution in [0, 0.1) is 69.7 Å². The topological polar surface area (TPSA) is 0 Å². The highest BCUT2D eigenvalue weighted by molar-refractivity contribution is 14.1. The van der Waals surface area contributed by atoms with Crippen LogP contribution < -0.4 is 0 Å². The zero-order valence-electron chi connectivity index (χ0n) is 15.5. The molecule has 0 N–H and O–H groups in total. The minimum absolute atomic E-state index is 0. The van der Waals surface area contributed by atoms with Crippen molar-refractivity contribution in [1.29, 1.82) is 0 Å². The monoisotopic (exact) mass is 788 g/mol. The lowest BCUT2D eigenvalue weighted by Gasteiger charge is -2.13. The van der Waals surface area contributed by atoms with Crippen LogP contribution in [0.1, 0.15) is 51.9 Å². The quantitative estimate of drug-likeness (QED) is 0.234. The van der Waals surface area contributed by atoms with E-state index in [-0.39, 0.29) is 7.43 Å². The smallest absolute Gasteiger partial charge is 0.0202 e. The maximum Gasteiger partial charge on any atom is 0.0202 e.